The number of halogens is 2. The van der Waals surface area contributed by atoms with E-state index < -0.39 is 0 Å². The van der Waals surface area contributed by atoms with E-state index in [-0.39, 0.29) is 12.4 Å². The van der Waals surface area contributed by atoms with Crippen LogP contribution >= 0.6 is 28.3 Å². The van der Waals surface area contributed by atoms with Crippen molar-refractivity contribution in [1.29, 1.82) is 0 Å². The van der Waals surface area contributed by atoms with E-state index in [9.17, 15) is 0 Å². The van der Waals surface area contributed by atoms with Crippen molar-refractivity contribution in [2.24, 2.45) is 0 Å². The fraction of sp³-hybridized carbons (Fsp3) is 0.600. The van der Waals surface area contributed by atoms with E-state index in [0.717, 1.165) is 29.7 Å². The molecule has 15 heavy (non-hydrogen) atoms. The summed E-state index contributed by atoms with van der Waals surface area (Å²) in [5.74, 6) is 0.915. The summed E-state index contributed by atoms with van der Waals surface area (Å²) in [6.07, 6.45) is 5.59. The van der Waals surface area contributed by atoms with Crippen LogP contribution in [0.5, 0.6) is 0 Å². The molecule has 0 fully saturated rings. The Hall–Kier alpha value is -0.190. The first-order chi connectivity index (χ1) is 6.72. The summed E-state index contributed by atoms with van der Waals surface area (Å²) in [6.45, 7) is 5.32. The molecule has 0 unspecified atom stereocenters. The Balaban J connectivity index is 0.00000196. The fourth-order valence-electron chi connectivity index (χ4n) is 1.26. The minimum atomic E-state index is 0. The summed E-state index contributed by atoms with van der Waals surface area (Å²) in [5, 5.41) is 3.36. The van der Waals surface area contributed by atoms with E-state index in [4.69, 9.17) is 0 Å². The summed E-state index contributed by atoms with van der Waals surface area (Å²) in [4.78, 5) is 8.45. The number of aromatic nitrogens is 2. The molecule has 1 aromatic heterocycles. The maximum atomic E-state index is 4.22. The minimum Gasteiger partial charge on any atom is -0.315 e. The van der Waals surface area contributed by atoms with Crippen LogP contribution in [0.15, 0.2) is 16.9 Å². The number of nitrogens with one attached hydrogen (secondary N) is 1. The highest BCUT2D eigenvalue weighted by Crippen LogP contribution is 2.06. The van der Waals surface area contributed by atoms with Gasteiger partial charge in [-0.25, -0.2) is 9.97 Å². The lowest BCUT2D eigenvalue weighted by molar-refractivity contribution is 0.524. The molecule has 1 heterocycles. The quantitative estimate of drug-likeness (QED) is 0.907. The molecule has 1 atom stereocenters. The molecule has 0 aliphatic heterocycles. The molecule has 0 saturated carbocycles. The van der Waals surface area contributed by atoms with Crippen molar-refractivity contribution < 1.29 is 0 Å². The van der Waals surface area contributed by atoms with Crippen molar-refractivity contribution >= 4 is 28.3 Å². The predicted octanol–water partition coefficient (Wildman–Crippen LogP) is 2.59. The van der Waals surface area contributed by atoms with Crippen LogP contribution in [-0.4, -0.2) is 22.6 Å². The van der Waals surface area contributed by atoms with Gasteiger partial charge >= 0.3 is 0 Å². The van der Waals surface area contributed by atoms with Crippen LogP contribution < -0.4 is 5.32 Å². The molecule has 1 N–H and O–H groups in total. The maximum absolute atomic E-state index is 4.22. The summed E-state index contributed by atoms with van der Waals surface area (Å²) in [5.41, 5.74) is 0. The topological polar surface area (TPSA) is 37.8 Å². The highest BCUT2D eigenvalue weighted by molar-refractivity contribution is 9.10. The van der Waals surface area contributed by atoms with Gasteiger partial charge in [0.1, 0.15) is 5.82 Å². The molecule has 0 bridgehead atoms. The molecule has 0 aliphatic rings. The largest absolute Gasteiger partial charge is 0.315 e. The Labute approximate surface area is 106 Å². The van der Waals surface area contributed by atoms with Crippen molar-refractivity contribution in [3.05, 3.63) is 22.7 Å². The van der Waals surface area contributed by atoms with Gasteiger partial charge in [-0.3, -0.25) is 0 Å². The van der Waals surface area contributed by atoms with Crippen LogP contribution in [-0.2, 0) is 6.42 Å². The molecular formula is C10H17BrClN3. The van der Waals surface area contributed by atoms with E-state index >= 15 is 0 Å². The molecule has 0 aliphatic carbocycles. The van der Waals surface area contributed by atoms with Crippen LogP contribution in [0.1, 0.15) is 26.1 Å². The Kier molecular flexibility index (Phi) is 7.92. The third kappa shape index (κ3) is 6.07. The van der Waals surface area contributed by atoms with Crippen molar-refractivity contribution in [2.45, 2.75) is 32.7 Å². The zero-order chi connectivity index (χ0) is 10.4. The summed E-state index contributed by atoms with van der Waals surface area (Å²) >= 11 is 3.31. The summed E-state index contributed by atoms with van der Waals surface area (Å²) < 4.78 is 0.931. The van der Waals surface area contributed by atoms with Crippen molar-refractivity contribution in [2.75, 3.05) is 6.54 Å². The van der Waals surface area contributed by atoms with E-state index in [1.54, 1.807) is 12.4 Å². The first-order valence-electron chi connectivity index (χ1n) is 4.92. The van der Waals surface area contributed by atoms with Crippen LogP contribution in [0.3, 0.4) is 0 Å². The molecular weight excluding hydrogens is 277 g/mol. The monoisotopic (exact) mass is 293 g/mol. The molecule has 0 radical (unpaired) electrons. The van der Waals surface area contributed by atoms with Crippen LogP contribution in [0.4, 0.5) is 0 Å². The number of nitrogens with zero attached hydrogens (tertiary/aromatic N) is 2. The van der Waals surface area contributed by atoms with E-state index in [2.05, 4.69) is 45.1 Å². The lowest BCUT2D eigenvalue weighted by Crippen LogP contribution is -2.26. The van der Waals surface area contributed by atoms with Gasteiger partial charge in [0.05, 0.1) is 4.47 Å². The van der Waals surface area contributed by atoms with Gasteiger partial charge in [0.15, 0.2) is 0 Å². The molecule has 5 heteroatoms. The second-order valence-electron chi connectivity index (χ2n) is 3.31. The molecule has 3 nitrogen and oxygen atoms in total. The molecule has 0 spiro atoms. The molecule has 0 aromatic carbocycles. The smallest absolute Gasteiger partial charge is 0.128 e. The van der Waals surface area contributed by atoms with Gasteiger partial charge in [-0.2, -0.15) is 0 Å². The fourth-order valence-corrected chi connectivity index (χ4v) is 1.47. The molecule has 86 valence electrons. The van der Waals surface area contributed by atoms with Gasteiger partial charge in [-0.15, -0.1) is 12.4 Å². The van der Waals surface area contributed by atoms with Crippen molar-refractivity contribution in [3.8, 4) is 0 Å². The molecule has 0 saturated heterocycles. The lowest BCUT2D eigenvalue weighted by Gasteiger charge is -2.10. The van der Waals surface area contributed by atoms with Gasteiger partial charge < -0.3 is 5.32 Å². The third-order valence-electron chi connectivity index (χ3n) is 2.03. The van der Waals surface area contributed by atoms with Crippen LogP contribution in [0, 0.1) is 0 Å². The number of hydrogen-bond acceptors (Lipinski definition) is 3. The average molecular weight is 295 g/mol. The maximum Gasteiger partial charge on any atom is 0.128 e. The second-order valence-corrected chi connectivity index (χ2v) is 4.23. The molecule has 0 amide bonds. The standard InChI is InChI=1S/C10H16BrN3.ClH/c1-3-12-8(2)4-5-10-13-6-9(11)7-14-10;/h6-8,12H,3-5H2,1-2H3;1H/t8-;/m0./s1. The van der Waals surface area contributed by atoms with E-state index in [1.807, 2.05) is 0 Å². The first kappa shape index (κ1) is 14.8. The zero-order valence-electron chi connectivity index (χ0n) is 9.03. The average Bonchev–Trinajstić information content (AvgIpc) is 2.17. The van der Waals surface area contributed by atoms with Gasteiger partial charge in [0, 0.05) is 24.9 Å². The SMILES string of the molecule is CCN[C@@H](C)CCc1ncc(Br)cn1.Cl. The van der Waals surface area contributed by atoms with Crippen LogP contribution in [0.2, 0.25) is 0 Å². The van der Waals surface area contributed by atoms with Gasteiger partial charge in [-0.05, 0) is 35.8 Å². The minimum absolute atomic E-state index is 0. The number of rotatable bonds is 5. The van der Waals surface area contributed by atoms with Crippen LogP contribution in [0.25, 0.3) is 0 Å². The molecule has 1 aromatic rings. The Morgan fingerprint density at radius 3 is 2.53 bits per heavy atom. The first-order valence-corrected chi connectivity index (χ1v) is 5.71. The van der Waals surface area contributed by atoms with E-state index in [1.165, 1.54) is 0 Å². The Morgan fingerprint density at radius 2 is 2.00 bits per heavy atom. The van der Waals surface area contributed by atoms with E-state index in [0.29, 0.717) is 6.04 Å². The van der Waals surface area contributed by atoms with Gasteiger partial charge in [0.2, 0.25) is 0 Å². The van der Waals surface area contributed by atoms with Gasteiger partial charge in [0.25, 0.3) is 0 Å². The highest BCUT2D eigenvalue weighted by atomic mass is 79.9. The third-order valence-corrected chi connectivity index (χ3v) is 2.44. The normalized spacial score (nSPS) is 11.9. The Morgan fingerprint density at radius 1 is 1.40 bits per heavy atom. The molecule has 1 rings (SSSR count). The second kappa shape index (κ2) is 8.02. The number of hydrogen-bond donors (Lipinski definition) is 1. The van der Waals surface area contributed by atoms with Gasteiger partial charge in [-0.1, -0.05) is 6.92 Å². The number of aryl methyl sites for hydroxylation is 1. The predicted molar refractivity (Wildman–Crippen MR) is 68.4 cm³/mol. The Bertz CT molecular complexity index is 266. The summed E-state index contributed by atoms with van der Waals surface area (Å²) in [7, 11) is 0. The summed E-state index contributed by atoms with van der Waals surface area (Å²) in [6, 6.07) is 0.534. The van der Waals surface area contributed by atoms with Crippen molar-refractivity contribution in [3.63, 3.8) is 0 Å². The highest BCUT2D eigenvalue weighted by Gasteiger charge is 2.02. The lowest BCUT2D eigenvalue weighted by atomic mass is 10.2. The zero-order valence-corrected chi connectivity index (χ0v) is 11.4. The van der Waals surface area contributed by atoms with Crippen molar-refractivity contribution in [1.82, 2.24) is 15.3 Å².